The number of carbonyl (C=O) groups is 1. The topological polar surface area (TPSA) is 75.7 Å². The molecule has 6 nitrogen and oxygen atoms in total. The van der Waals surface area contributed by atoms with Gasteiger partial charge >= 0.3 is 0 Å². The van der Waals surface area contributed by atoms with Crippen LogP contribution in [0.25, 0.3) is 0 Å². The van der Waals surface area contributed by atoms with Gasteiger partial charge in [-0.1, -0.05) is 12.1 Å². The Bertz CT molecular complexity index is 831. The van der Waals surface area contributed by atoms with Crippen molar-refractivity contribution in [1.29, 1.82) is 0 Å². The number of nitrogens with zero attached hydrogens (tertiary/aromatic N) is 1. The SMILES string of the molecule is CCOc1ccccc1N(CCNS(=O)(=O)c1ccc(C)s1)C(C)=O. The molecule has 0 bridgehead atoms. The van der Waals surface area contributed by atoms with Crippen molar-refractivity contribution < 1.29 is 17.9 Å². The summed E-state index contributed by atoms with van der Waals surface area (Å²) in [4.78, 5) is 14.5. The van der Waals surface area contributed by atoms with Crippen molar-refractivity contribution >= 4 is 33.0 Å². The molecule has 1 heterocycles. The zero-order valence-electron chi connectivity index (χ0n) is 14.5. The number of thiophene rings is 1. The lowest BCUT2D eigenvalue weighted by atomic mass is 10.2. The van der Waals surface area contributed by atoms with E-state index in [0.717, 1.165) is 4.88 Å². The summed E-state index contributed by atoms with van der Waals surface area (Å²) < 4.78 is 32.9. The summed E-state index contributed by atoms with van der Waals surface area (Å²) in [6.07, 6.45) is 0. The highest BCUT2D eigenvalue weighted by Gasteiger charge is 2.19. The van der Waals surface area contributed by atoms with Crippen LogP contribution in [0.3, 0.4) is 0 Å². The van der Waals surface area contributed by atoms with E-state index in [2.05, 4.69) is 4.72 Å². The van der Waals surface area contributed by atoms with Crippen LogP contribution < -0.4 is 14.4 Å². The first kappa shape index (κ1) is 19.4. The average Bonchev–Trinajstić information content (AvgIpc) is 3.00. The standard InChI is InChI=1S/C17H22N2O4S2/c1-4-23-16-8-6-5-7-15(16)19(14(3)20)12-11-18-25(21,22)17-10-9-13(2)24-17/h5-10,18H,4,11-12H2,1-3H3. The molecule has 0 aliphatic carbocycles. The normalized spacial score (nSPS) is 11.3. The fraction of sp³-hybridized carbons (Fsp3) is 0.353. The highest BCUT2D eigenvalue weighted by molar-refractivity contribution is 7.91. The van der Waals surface area contributed by atoms with Gasteiger partial charge in [-0.15, -0.1) is 11.3 Å². The molecule has 0 aliphatic heterocycles. The second kappa shape index (κ2) is 8.46. The molecule has 0 spiro atoms. The molecule has 0 atom stereocenters. The first-order chi connectivity index (χ1) is 11.8. The molecule has 136 valence electrons. The molecule has 0 saturated heterocycles. The van der Waals surface area contributed by atoms with Gasteiger partial charge in [-0.25, -0.2) is 13.1 Å². The fourth-order valence-electron chi connectivity index (χ4n) is 2.32. The van der Waals surface area contributed by atoms with E-state index in [9.17, 15) is 13.2 Å². The number of rotatable bonds is 8. The van der Waals surface area contributed by atoms with Crippen molar-refractivity contribution in [1.82, 2.24) is 4.72 Å². The minimum Gasteiger partial charge on any atom is -0.492 e. The van der Waals surface area contributed by atoms with E-state index in [1.807, 2.05) is 26.0 Å². The quantitative estimate of drug-likeness (QED) is 0.762. The van der Waals surface area contributed by atoms with Gasteiger partial charge in [0, 0.05) is 24.9 Å². The average molecular weight is 383 g/mol. The Kier molecular flexibility index (Phi) is 6.57. The number of hydrogen-bond acceptors (Lipinski definition) is 5. The Labute approximate surface area is 152 Å². The van der Waals surface area contributed by atoms with Crippen LogP contribution in [-0.2, 0) is 14.8 Å². The summed E-state index contributed by atoms with van der Waals surface area (Å²) in [5, 5.41) is 0. The molecule has 2 rings (SSSR count). The Hall–Kier alpha value is -1.90. The molecule has 8 heteroatoms. The van der Waals surface area contributed by atoms with Crippen LogP contribution in [0, 0.1) is 6.92 Å². The molecule has 1 aromatic heterocycles. The van der Waals surface area contributed by atoms with Crippen LogP contribution in [0.2, 0.25) is 0 Å². The second-order valence-corrected chi connectivity index (χ2v) is 8.62. The number of ether oxygens (including phenoxy) is 1. The van der Waals surface area contributed by atoms with Gasteiger partial charge in [0.25, 0.3) is 0 Å². The van der Waals surface area contributed by atoms with Crippen molar-refractivity contribution in [3.8, 4) is 5.75 Å². The summed E-state index contributed by atoms with van der Waals surface area (Å²) in [6.45, 7) is 5.97. The first-order valence-electron chi connectivity index (χ1n) is 7.91. The van der Waals surface area contributed by atoms with E-state index in [4.69, 9.17) is 4.74 Å². The number of benzene rings is 1. The van der Waals surface area contributed by atoms with Gasteiger partial charge in [0.15, 0.2) is 0 Å². The number of sulfonamides is 1. The van der Waals surface area contributed by atoms with E-state index in [1.54, 1.807) is 24.3 Å². The number of hydrogen-bond donors (Lipinski definition) is 1. The van der Waals surface area contributed by atoms with E-state index >= 15 is 0 Å². The van der Waals surface area contributed by atoms with Gasteiger partial charge < -0.3 is 9.64 Å². The van der Waals surface area contributed by atoms with E-state index in [-0.39, 0.29) is 23.2 Å². The molecule has 25 heavy (non-hydrogen) atoms. The number of amides is 1. The maximum atomic E-state index is 12.3. The zero-order valence-corrected chi connectivity index (χ0v) is 16.1. The van der Waals surface area contributed by atoms with Gasteiger partial charge in [-0.05, 0) is 38.1 Å². The zero-order chi connectivity index (χ0) is 18.4. The molecule has 2 aromatic rings. The van der Waals surface area contributed by atoms with E-state index < -0.39 is 10.0 Å². The predicted molar refractivity (Wildman–Crippen MR) is 99.9 cm³/mol. The Balaban J connectivity index is 2.10. The largest absolute Gasteiger partial charge is 0.492 e. The molecule has 0 unspecified atom stereocenters. The smallest absolute Gasteiger partial charge is 0.250 e. The van der Waals surface area contributed by atoms with Gasteiger partial charge in [0.2, 0.25) is 15.9 Å². The predicted octanol–water partition coefficient (Wildman–Crippen LogP) is 2.79. The second-order valence-electron chi connectivity index (χ2n) is 5.33. The molecule has 0 radical (unpaired) electrons. The summed E-state index contributed by atoms with van der Waals surface area (Å²) >= 11 is 1.21. The monoisotopic (exact) mass is 382 g/mol. The number of anilines is 1. The van der Waals surface area contributed by atoms with Crippen molar-refractivity contribution in [3.63, 3.8) is 0 Å². The number of nitrogens with one attached hydrogen (secondary N) is 1. The summed E-state index contributed by atoms with van der Waals surface area (Å²) in [5.41, 5.74) is 0.628. The van der Waals surface area contributed by atoms with Crippen LogP contribution in [-0.4, -0.2) is 34.0 Å². The van der Waals surface area contributed by atoms with Crippen molar-refractivity contribution in [2.45, 2.75) is 25.0 Å². The molecule has 0 aliphatic rings. The van der Waals surface area contributed by atoms with Crippen LogP contribution in [0.5, 0.6) is 5.75 Å². The molecular weight excluding hydrogens is 360 g/mol. The van der Waals surface area contributed by atoms with Gasteiger partial charge in [0.05, 0.1) is 12.3 Å². The minimum absolute atomic E-state index is 0.110. The molecule has 1 N–H and O–H groups in total. The summed E-state index contributed by atoms with van der Waals surface area (Å²) in [6, 6.07) is 10.5. The Morgan fingerprint density at radius 3 is 2.56 bits per heavy atom. The molecular formula is C17H22N2O4S2. The van der Waals surface area contributed by atoms with Crippen LogP contribution >= 0.6 is 11.3 Å². The first-order valence-corrected chi connectivity index (χ1v) is 10.2. The van der Waals surface area contributed by atoms with Gasteiger partial charge in [-0.2, -0.15) is 0 Å². The highest BCUT2D eigenvalue weighted by atomic mass is 32.2. The number of aryl methyl sites for hydroxylation is 1. The van der Waals surface area contributed by atoms with Gasteiger partial charge in [0.1, 0.15) is 9.96 Å². The maximum absolute atomic E-state index is 12.3. The van der Waals surface area contributed by atoms with Crippen LogP contribution in [0.15, 0.2) is 40.6 Å². The summed E-state index contributed by atoms with van der Waals surface area (Å²) in [7, 11) is -3.56. The fourth-order valence-corrected chi connectivity index (χ4v) is 4.67. The maximum Gasteiger partial charge on any atom is 0.250 e. The number of para-hydroxylation sites is 2. The summed E-state index contributed by atoms with van der Waals surface area (Å²) in [5.74, 6) is 0.412. The van der Waals surface area contributed by atoms with E-state index in [0.29, 0.717) is 18.0 Å². The Morgan fingerprint density at radius 1 is 1.24 bits per heavy atom. The molecule has 1 amide bonds. The van der Waals surface area contributed by atoms with Crippen LogP contribution in [0.4, 0.5) is 5.69 Å². The minimum atomic E-state index is -3.56. The Morgan fingerprint density at radius 2 is 1.96 bits per heavy atom. The van der Waals surface area contributed by atoms with Crippen molar-refractivity contribution in [2.24, 2.45) is 0 Å². The third kappa shape index (κ3) is 5.04. The van der Waals surface area contributed by atoms with E-state index in [1.165, 1.54) is 23.2 Å². The van der Waals surface area contributed by atoms with Crippen LogP contribution in [0.1, 0.15) is 18.7 Å². The molecule has 0 saturated carbocycles. The molecule has 1 aromatic carbocycles. The van der Waals surface area contributed by atoms with Gasteiger partial charge in [-0.3, -0.25) is 4.79 Å². The lowest BCUT2D eigenvalue weighted by molar-refractivity contribution is -0.116. The number of carbonyl (C=O) groups excluding carboxylic acids is 1. The highest BCUT2D eigenvalue weighted by Crippen LogP contribution is 2.28. The third-order valence-electron chi connectivity index (χ3n) is 3.44. The lowest BCUT2D eigenvalue weighted by Gasteiger charge is -2.23. The van der Waals surface area contributed by atoms with Crippen molar-refractivity contribution in [2.75, 3.05) is 24.6 Å². The molecule has 0 fully saturated rings. The third-order valence-corrected chi connectivity index (χ3v) is 6.40. The lowest BCUT2D eigenvalue weighted by Crippen LogP contribution is -2.37. The van der Waals surface area contributed by atoms with Crippen molar-refractivity contribution in [3.05, 3.63) is 41.3 Å².